The van der Waals surface area contributed by atoms with E-state index in [1.165, 1.54) is 0 Å². The summed E-state index contributed by atoms with van der Waals surface area (Å²) in [6, 6.07) is 16.1. The fraction of sp³-hybridized carbons (Fsp3) is 0.375. The van der Waals surface area contributed by atoms with Crippen molar-refractivity contribution in [3.8, 4) is 5.75 Å². The van der Waals surface area contributed by atoms with Crippen molar-refractivity contribution in [3.05, 3.63) is 65.9 Å². The van der Waals surface area contributed by atoms with Gasteiger partial charge in [-0.25, -0.2) is 0 Å². The normalized spacial score (nSPS) is 22.7. The highest BCUT2D eigenvalue weighted by molar-refractivity contribution is 5.90. The van der Waals surface area contributed by atoms with Gasteiger partial charge in [0.25, 0.3) is 0 Å². The number of para-hydroxylation sites is 2. The maximum atomic E-state index is 13.2. The first kappa shape index (κ1) is 18.6. The van der Waals surface area contributed by atoms with Crippen molar-refractivity contribution in [3.63, 3.8) is 0 Å². The number of hydrogen-bond donors (Lipinski definition) is 2. The second-order valence-electron chi connectivity index (χ2n) is 8.42. The molecule has 28 heavy (non-hydrogen) atoms. The van der Waals surface area contributed by atoms with Gasteiger partial charge in [0.15, 0.2) is 0 Å². The molecule has 0 amide bonds. The molecule has 4 heteroatoms. The number of benzene rings is 2. The van der Waals surface area contributed by atoms with E-state index in [9.17, 15) is 4.79 Å². The summed E-state index contributed by atoms with van der Waals surface area (Å²) >= 11 is 0. The van der Waals surface area contributed by atoms with Crippen LogP contribution in [0.1, 0.15) is 45.2 Å². The van der Waals surface area contributed by atoms with Crippen LogP contribution in [0.4, 0.5) is 11.4 Å². The minimum Gasteiger partial charge on any atom is -0.494 e. The zero-order valence-corrected chi connectivity index (χ0v) is 16.8. The van der Waals surface area contributed by atoms with Gasteiger partial charge in [-0.2, -0.15) is 0 Å². The number of hydrogen-bond acceptors (Lipinski definition) is 4. The SMILES string of the molecule is CCCOc1cccc([C@H]2Nc3ccccc3NC3=CC(C)(C)CC(=O)[C@@H]32)c1. The maximum absolute atomic E-state index is 13.2. The smallest absolute Gasteiger partial charge is 0.145 e. The molecule has 0 fully saturated rings. The average molecular weight is 377 g/mol. The van der Waals surface area contributed by atoms with Crippen LogP contribution in [0.5, 0.6) is 5.75 Å². The van der Waals surface area contributed by atoms with Crippen LogP contribution in [0.3, 0.4) is 0 Å². The van der Waals surface area contributed by atoms with Gasteiger partial charge in [0, 0.05) is 12.1 Å². The van der Waals surface area contributed by atoms with E-state index >= 15 is 0 Å². The Morgan fingerprint density at radius 2 is 1.89 bits per heavy atom. The number of ketones is 1. The lowest BCUT2D eigenvalue weighted by atomic mass is 9.72. The number of Topliss-reactive ketones (excluding diaryl/α,β-unsaturated/α-hetero) is 1. The lowest BCUT2D eigenvalue weighted by Crippen LogP contribution is -2.36. The number of anilines is 2. The molecule has 2 aromatic rings. The second kappa shape index (κ2) is 7.34. The average Bonchev–Trinajstić information content (AvgIpc) is 2.82. The Morgan fingerprint density at radius 1 is 1.11 bits per heavy atom. The number of rotatable bonds is 4. The highest BCUT2D eigenvalue weighted by atomic mass is 16.5. The number of nitrogens with one attached hydrogen (secondary N) is 2. The van der Waals surface area contributed by atoms with E-state index in [1.807, 2.05) is 24.3 Å². The van der Waals surface area contributed by atoms with Crippen molar-refractivity contribution in [2.75, 3.05) is 17.2 Å². The monoisotopic (exact) mass is 376 g/mol. The largest absolute Gasteiger partial charge is 0.494 e. The van der Waals surface area contributed by atoms with Gasteiger partial charge in [-0.3, -0.25) is 4.79 Å². The molecule has 2 N–H and O–H groups in total. The standard InChI is InChI=1S/C24H28N2O2/c1-4-12-28-17-9-7-8-16(13-17)23-22-20(14-24(2,3)15-21(22)27)25-18-10-5-6-11-19(18)26-23/h5-11,13-14,22-23,25-26H,4,12,15H2,1-3H3/t22-,23-/m1/s1. The third kappa shape index (κ3) is 3.64. The summed E-state index contributed by atoms with van der Waals surface area (Å²) in [7, 11) is 0. The van der Waals surface area contributed by atoms with Crippen LogP contribution >= 0.6 is 0 Å². The van der Waals surface area contributed by atoms with E-state index in [4.69, 9.17) is 4.74 Å². The van der Waals surface area contributed by atoms with Crippen molar-refractivity contribution in [2.45, 2.75) is 39.7 Å². The molecule has 0 aromatic heterocycles. The molecular weight excluding hydrogens is 348 g/mol. The maximum Gasteiger partial charge on any atom is 0.145 e. The van der Waals surface area contributed by atoms with E-state index < -0.39 is 0 Å². The third-order valence-electron chi connectivity index (χ3n) is 5.40. The molecular formula is C24H28N2O2. The number of carbonyl (C=O) groups is 1. The Morgan fingerprint density at radius 3 is 2.68 bits per heavy atom. The molecule has 1 heterocycles. The second-order valence-corrected chi connectivity index (χ2v) is 8.42. The predicted molar refractivity (Wildman–Crippen MR) is 114 cm³/mol. The summed E-state index contributed by atoms with van der Waals surface area (Å²) in [5.41, 5.74) is 3.92. The van der Waals surface area contributed by atoms with Gasteiger partial charge in [0.2, 0.25) is 0 Å². The van der Waals surface area contributed by atoms with E-state index in [2.05, 4.69) is 61.7 Å². The summed E-state index contributed by atoms with van der Waals surface area (Å²) in [5, 5.41) is 7.18. The Balaban J connectivity index is 1.80. The minimum atomic E-state index is -0.248. The van der Waals surface area contributed by atoms with Crippen LogP contribution in [0, 0.1) is 11.3 Å². The molecule has 4 rings (SSSR count). The Bertz CT molecular complexity index is 916. The Kier molecular flexibility index (Phi) is 4.88. The first-order valence-electron chi connectivity index (χ1n) is 10.1. The number of ether oxygens (including phenoxy) is 1. The van der Waals surface area contributed by atoms with Gasteiger partial charge >= 0.3 is 0 Å². The molecule has 1 aliphatic carbocycles. The Hall–Kier alpha value is -2.75. The van der Waals surface area contributed by atoms with Gasteiger partial charge in [0.05, 0.1) is 29.9 Å². The first-order valence-corrected chi connectivity index (χ1v) is 10.1. The molecule has 2 aromatic carbocycles. The molecule has 0 unspecified atom stereocenters. The van der Waals surface area contributed by atoms with Crippen molar-refractivity contribution >= 4 is 17.2 Å². The van der Waals surface area contributed by atoms with Crippen LogP contribution in [-0.4, -0.2) is 12.4 Å². The van der Waals surface area contributed by atoms with Gasteiger partial charge in [-0.15, -0.1) is 0 Å². The molecule has 2 atom stereocenters. The summed E-state index contributed by atoms with van der Waals surface area (Å²) in [5.74, 6) is 0.864. The number of fused-ring (bicyclic) bond motifs is 2. The summed E-state index contributed by atoms with van der Waals surface area (Å²) in [6.07, 6.45) is 3.74. The van der Waals surface area contributed by atoms with Crippen LogP contribution in [0.2, 0.25) is 0 Å². The van der Waals surface area contributed by atoms with E-state index in [0.717, 1.165) is 34.8 Å². The summed E-state index contributed by atoms with van der Waals surface area (Å²) < 4.78 is 5.84. The molecule has 2 aliphatic rings. The van der Waals surface area contributed by atoms with Crippen LogP contribution in [0.15, 0.2) is 60.3 Å². The molecule has 0 saturated heterocycles. The molecule has 1 aliphatic heterocycles. The number of allylic oxidation sites excluding steroid dienone is 1. The van der Waals surface area contributed by atoms with Gasteiger partial charge in [-0.1, -0.05) is 51.1 Å². The topological polar surface area (TPSA) is 50.4 Å². The lowest BCUT2D eigenvalue weighted by molar-refractivity contribution is -0.124. The van der Waals surface area contributed by atoms with Crippen LogP contribution in [0.25, 0.3) is 0 Å². The third-order valence-corrected chi connectivity index (χ3v) is 5.40. The molecule has 0 saturated carbocycles. The van der Waals surface area contributed by atoms with Crippen LogP contribution < -0.4 is 15.4 Å². The highest BCUT2D eigenvalue weighted by Crippen LogP contribution is 2.45. The lowest BCUT2D eigenvalue weighted by Gasteiger charge is -2.35. The molecule has 146 valence electrons. The summed E-state index contributed by atoms with van der Waals surface area (Å²) in [4.78, 5) is 13.2. The van der Waals surface area contributed by atoms with Crippen molar-refractivity contribution < 1.29 is 9.53 Å². The fourth-order valence-electron chi connectivity index (χ4n) is 4.19. The van der Waals surface area contributed by atoms with Crippen molar-refractivity contribution in [2.24, 2.45) is 11.3 Å². The van der Waals surface area contributed by atoms with Gasteiger partial charge in [0.1, 0.15) is 11.5 Å². The predicted octanol–water partition coefficient (Wildman–Crippen LogP) is 5.55. The molecule has 0 spiro atoms. The van der Waals surface area contributed by atoms with Crippen LogP contribution in [-0.2, 0) is 4.79 Å². The number of carbonyl (C=O) groups excluding carboxylic acids is 1. The highest BCUT2D eigenvalue weighted by Gasteiger charge is 2.41. The molecule has 0 bridgehead atoms. The zero-order valence-electron chi connectivity index (χ0n) is 16.8. The summed E-state index contributed by atoms with van der Waals surface area (Å²) in [6.45, 7) is 7.02. The molecule has 4 nitrogen and oxygen atoms in total. The Labute approximate surface area is 167 Å². The fourth-order valence-corrected chi connectivity index (χ4v) is 4.19. The van der Waals surface area contributed by atoms with E-state index in [1.54, 1.807) is 0 Å². The van der Waals surface area contributed by atoms with Gasteiger partial charge < -0.3 is 15.4 Å². The first-order chi connectivity index (χ1) is 13.5. The minimum absolute atomic E-state index is 0.142. The van der Waals surface area contributed by atoms with E-state index in [0.29, 0.717) is 13.0 Å². The van der Waals surface area contributed by atoms with Crippen molar-refractivity contribution in [1.29, 1.82) is 0 Å². The molecule has 0 radical (unpaired) electrons. The van der Waals surface area contributed by atoms with Gasteiger partial charge in [-0.05, 0) is 41.7 Å². The quantitative estimate of drug-likeness (QED) is 0.734. The van der Waals surface area contributed by atoms with Crippen molar-refractivity contribution in [1.82, 2.24) is 0 Å². The zero-order chi connectivity index (χ0) is 19.7. The van der Waals surface area contributed by atoms with E-state index in [-0.39, 0.29) is 23.2 Å².